The molecule has 3 N–H and O–H groups in total. The van der Waals surface area contributed by atoms with Gasteiger partial charge in [0.05, 0.1) is 36.9 Å². The summed E-state index contributed by atoms with van der Waals surface area (Å²) in [5, 5.41) is 33.6. The molecule has 0 aliphatic carbocycles. The number of ether oxygens (including phenoxy) is 5. The van der Waals surface area contributed by atoms with Gasteiger partial charge >= 0.3 is 11.9 Å². The smallest absolute Gasteiger partial charge is 0.309 e. The normalized spacial score (nSPS) is 34.9. The van der Waals surface area contributed by atoms with Crippen LogP contribution in [0.25, 0.3) is 6.08 Å². The maximum absolute atomic E-state index is 13.7. The number of methoxy groups -OCH3 is 1. The standard InChI is InChI=1S/C38H61N3O11/c1-8-31(44)51-30-21-32(45)50-28(14-9-12-26-13-10-17-39-22-26)15-11-18-41(6)23-29(43)24(2)20-27(16-19-42)36(37(30)48-7)52-38-35(47)33(40(4)5)34(46)25(3)49-38/h9-10,12-13,17,19,22,24-25,27-30,33-38,43,46-47H,8,11,14-16,18,20-21,23H2,1-7H3/b12-9+/t24-,25?,27+,28+,29+,30-,33?,34+,35?,36+,37+,38+/m1/s1. The molecule has 14 nitrogen and oxygen atoms in total. The second-order valence-corrected chi connectivity index (χ2v) is 14.4. The molecule has 14 heteroatoms. The Kier molecular flexibility index (Phi) is 18.3. The fourth-order valence-corrected chi connectivity index (χ4v) is 7.08. The van der Waals surface area contributed by atoms with Gasteiger partial charge in [-0.25, -0.2) is 0 Å². The molecular formula is C38H61N3O11. The summed E-state index contributed by atoms with van der Waals surface area (Å²) in [7, 11) is 6.75. The number of β-amino-alcohol motifs (C(OH)–C–C–N with tert-alkyl or cyclic N) is 1. The number of aromatic nitrogens is 1. The number of esters is 2. The number of aldehydes is 1. The Balaban J connectivity index is 2.04. The highest BCUT2D eigenvalue weighted by atomic mass is 16.7. The highest BCUT2D eigenvalue weighted by Crippen LogP contribution is 2.34. The molecule has 3 rings (SSSR count). The van der Waals surface area contributed by atoms with Crippen LogP contribution < -0.4 is 0 Å². The SMILES string of the molecule is CCC(=O)O[C@@H]1CC(=O)O[C@@H](C/C=C/c2cccnc2)CCCN(C)C[C@H](O)[C@H](C)C[C@H](CC=O)[C@H](O[C@@H]2OC(C)[C@H](O)C(N(C)C)C2O)[C@H]1OC. The van der Waals surface area contributed by atoms with Gasteiger partial charge in [0.2, 0.25) is 0 Å². The lowest BCUT2D eigenvalue weighted by Gasteiger charge is -2.47. The molecule has 0 amide bonds. The number of aliphatic hydroxyl groups excluding tert-OH is 3. The van der Waals surface area contributed by atoms with Crippen LogP contribution in [0.3, 0.4) is 0 Å². The van der Waals surface area contributed by atoms with E-state index in [1.54, 1.807) is 45.2 Å². The van der Waals surface area contributed by atoms with Crippen molar-refractivity contribution in [2.45, 2.75) is 127 Å². The van der Waals surface area contributed by atoms with Crippen molar-refractivity contribution in [1.82, 2.24) is 14.8 Å². The van der Waals surface area contributed by atoms with Crippen LogP contribution in [-0.4, -0.2) is 151 Å². The number of aliphatic hydroxyl groups is 3. The van der Waals surface area contributed by atoms with Crippen molar-refractivity contribution in [3.8, 4) is 0 Å². The molecule has 1 aromatic heterocycles. The molecule has 2 aliphatic rings. The Morgan fingerprint density at radius 1 is 1.15 bits per heavy atom. The van der Waals surface area contributed by atoms with E-state index in [4.69, 9.17) is 23.7 Å². The first-order valence-electron chi connectivity index (χ1n) is 18.4. The first kappa shape index (κ1) is 43.6. The number of likely N-dealkylation sites (N-methyl/N-ethyl adjacent to an activating group) is 2. The summed E-state index contributed by atoms with van der Waals surface area (Å²) in [5.41, 5.74) is 0.906. The van der Waals surface area contributed by atoms with E-state index >= 15 is 0 Å². The minimum Gasteiger partial charge on any atom is -0.462 e. The maximum Gasteiger partial charge on any atom is 0.309 e. The van der Waals surface area contributed by atoms with Crippen LogP contribution >= 0.6 is 0 Å². The Labute approximate surface area is 308 Å². The average molecular weight is 736 g/mol. The molecule has 2 aliphatic heterocycles. The van der Waals surface area contributed by atoms with Crippen LogP contribution in [0, 0.1) is 11.8 Å². The van der Waals surface area contributed by atoms with Crippen molar-refractivity contribution >= 4 is 24.3 Å². The highest BCUT2D eigenvalue weighted by Gasteiger charge is 2.48. The predicted octanol–water partition coefficient (Wildman–Crippen LogP) is 2.22. The summed E-state index contributed by atoms with van der Waals surface area (Å²) in [4.78, 5) is 46.6. The van der Waals surface area contributed by atoms with E-state index in [0.29, 0.717) is 38.8 Å². The van der Waals surface area contributed by atoms with Gasteiger partial charge in [0.25, 0.3) is 0 Å². The first-order valence-corrected chi connectivity index (χ1v) is 18.4. The lowest BCUT2D eigenvalue weighted by Crippen LogP contribution is -2.63. The number of cyclic esters (lactones) is 1. The topological polar surface area (TPSA) is 177 Å². The van der Waals surface area contributed by atoms with E-state index in [2.05, 4.69) is 4.98 Å². The lowest BCUT2D eigenvalue weighted by molar-refractivity contribution is -0.310. The van der Waals surface area contributed by atoms with Crippen LogP contribution in [0.4, 0.5) is 0 Å². The molecule has 0 bridgehead atoms. The number of pyridine rings is 1. The van der Waals surface area contributed by atoms with Gasteiger partial charge in [-0.05, 0) is 77.3 Å². The number of hydrogen-bond acceptors (Lipinski definition) is 14. The summed E-state index contributed by atoms with van der Waals surface area (Å²) < 4.78 is 30.5. The van der Waals surface area contributed by atoms with Crippen LogP contribution in [-0.2, 0) is 38.1 Å². The van der Waals surface area contributed by atoms with Gasteiger partial charge in [-0.2, -0.15) is 0 Å². The largest absolute Gasteiger partial charge is 0.462 e. The Morgan fingerprint density at radius 3 is 2.54 bits per heavy atom. The molecule has 3 heterocycles. The maximum atomic E-state index is 13.7. The molecule has 12 atom stereocenters. The molecular weight excluding hydrogens is 674 g/mol. The zero-order chi connectivity index (χ0) is 38.4. The molecule has 0 radical (unpaired) electrons. The number of carbonyl (C=O) groups is 3. The minimum absolute atomic E-state index is 0.0220. The van der Waals surface area contributed by atoms with Crippen molar-refractivity contribution in [2.75, 3.05) is 41.3 Å². The van der Waals surface area contributed by atoms with E-state index in [-0.39, 0.29) is 25.2 Å². The molecule has 3 unspecified atom stereocenters. The Bertz CT molecular complexity index is 1250. The number of hydrogen-bond donors (Lipinski definition) is 3. The van der Waals surface area contributed by atoms with E-state index < -0.39 is 79.0 Å². The van der Waals surface area contributed by atoms with E-state index in [1.807, 2.05) is 43.2 Å². The monoisotopic (exact) mass is 735 g/mol. The quantitative estimate of drug-likeness (QED) is 0.223. The van der Waals surface area contributed by atoms with Gasteiger partial charge < -0.3 is 53.6 Å². The lowest BCUT2D eigenvalue weighted by atomic mass is 9.82. The Morgan fingerprint density at radius 2 is 1.90 bits per heavy atom. The van der Waals surface area contributed by atoms with Gasteiger partial charge in [0.15, 0.2) is 6.29 Å². The summed E-state index contributed by atoms with van der Waals surface area (Å²) >= 11 is 0. The predicted molar refractivity (Wildman–Crippen MR) is 193 cm³/mol. The van der Waals surface area contributed by atoms with Crippen molar-refractivity contribution in [3.05, 3.63) is 36.2 Å². The molecule has 52 heavy (non-hydrogen) atoms. The van der Waals surface area contributed by atoms with Crippen LogP contribution in [0.2, 0.25) is 0 Å². The van der Waals surface area contributed by atoms with E-state index in [0.717, 1.165) is 11.8 Å². The average Bonchev–Trinajstić information content (AvgIpc) is 3.09. The van der Waals surface area contributed by atoms with Gasteiger partial charge in [-0.15, -0.1) is 0 Å². The number of rotatable bonds is 11. The minimum atomic E-state index is -1.32. The second-order valence-electron chi connectivity index (χ2n) is 14.4. The van der Waals surface area contributed by atoms with Gasteiger partial charge in [0, 0.05) is 45.3 Å². The van der Waals surface area contributed by atoms with E-state index in [1.165, 1.54) is 7.11 Å². The molecule has 294 valence electrons. The van der Waals surface area contributed by atoms with Crippen LogP contribution in [0.15, 0.2) is 30.6 Å². The van der Waals surface area contributed by atoms with Gasteiger partial charge in [-0.1, -0.05) is 32.1 Å². The van der Waals surface area contributed by atoms with Crippen molar-refractivity contribution in [1.29, 1.82) is 0 Å². The zero-order valence-corrected chi connectivity index (χ0v) is 31.8. The number of nitrogens with zero attached hydrogens (tertiary/aromatic N) is 3. The molecule has 0 spiro atoms. The molecule has 0 saturated carbocycles. The third-order valence-electron chi connectivity index (χ3n) is 10.0. The molecule has 0 aromatic carbocycles. The van der Waals surface area contributed by atoms with Gasteiger partial charge in [0.1, 0.15) is 30.7 Å². The molecule has 1 aromatic rings. The Hall–Kier alpha value is -2.82. The summed E-state index contributed by atoms with van der Waals surface area (Å²) in [5.74, 6) is -2.14. The summed E-state index contributed by atoms with van der Waals surface area (Å²) in [6.07, 6.45) is 0.544. The van der Waals surface area contributed by atoms with Crippen LogP contribution in [0.1, 0.15) is 71.3 Å². The summed E-state index contributed by atoms with van der Waals surface area (Å²) in [6, 6.07) is 3.00. The first-order chi connectivity index (χ1) is 24.8. The van der Waals surface area contributed by atoms with Crippen LogP contribution in [0.5, 0.6) is 0 Å². The fourth-order valence-electron chi connectivity index (χ4n) is 7.08. The number of carbonyl (C=O) groups excluding carboxylic acids is 3. The second kappa shape index (κ2) is 21.8. The fraction of sp³-hybridized carbons (Fsp3) is 0.737. The third kappa shape index (κ3) is 12.9. The van der Waals surface area contributed by atoms with Crippen molar-refractivity contribution in [2.24, 2.45) is 11.8 Å². The highest BCUT2D eigenvalue weighted by molar-refractivity contribution is 5.72. The zero-order valence-electron chi connectivity index (χ0n) is 31.8. The van der Waals surface area contributed by atoms with E-state index in [9.17, 15) is 29.7 Å². The molecule has 2 saturated heterocycles. The third-order valence-corrected chi connectivity index (χ3v) is 10.0. The summed E-state index contributed by atoms with van der Waals surface area (Å²) in [6.45, 7) is 6.19. The molecule has 2 fully saturated rings. The van der Waals surface area contributed by atoms with Crippen molar-refractivity contribution in [3.63, 3.8) is 0 Å². The van der Waals surface area contributed by atoms with Crippen molar-refractivity contribution < 1.29 is 53.4 Å². The van der Waals surface area contributed by atoms with Gasteiger partial charge in [-0.3, -0.25) is 14.6 Å².